The molecule has 0 spiro atoms. The van der Waals surface area contributed by atoms with E-state index in [-0.39, 0.29) is 6.10 Å². The Morgan fingerprint density at radius 1 is 0.697 bits per heavy atom. The normalized spacial score (nSPS) is 32.3. The third kappa shape index (κ3) is 16.3. The summed E-state index contributed by atoms with van der Waals surface area (Å²) in [7, 11) is 0. The van der Waals surface area contributed by atoms with Crippen molar-refractivity contribution in [1.29, 1.82) is 0 Å². The zero-order chi connectivity index (χ0) is 46.5. The summed E-state index contributed by atoms with van der Waals surface area (Å²) in [6.07, 6.45) is 51.4. The fourth-order valence-electron chi connectivity index (χ4n) is 15.2. The fourth-order valence-corrected chi connectivity index (χ4v) is 15.2. The van der Waals surface area contributed by atoms with Gasteiger partial charge in [0.15, 0.2) is 0 Å². The van der Waals surface area contributed by atoms with Crippen LogP contribution >= 0.6 is 0 Å². The molecule has 1 aliphatic heterocycles. The number of allylic oxidation sites excluding steroid dienone is 5. The molecule has 1 saturated heterocycles. The van der Waals surface area contributed by atoms with Crippen molar-refractivity contribution >= 4 is 0 Å². The molecule has 0 bridgehead atoms. The van der Waals surface area contributed by atoms with Crippen LogP contribution in [0.15, 0.2) is 36.0 Å². The van der Waals surface area contributed by atoms with Gasteiger partial charge in [-0.15, -0.1) is 0 Å². The monoisotopic (exact) mass is 918 g/mol. The Morgan fingerprint density at radius 3 is 2.27 bits per heavy atom. The SMILES string of the molecule is CCCCC/C=C\C/C=C\CCCCCCCCOCC(CN1CCCC2CCCCC21)OCCOCCO[C@H]1CC[C@@]2(C)C(=CCC3C2CC[C@@]2(C)C3CC[C@@H]2[C@H](C)CCCC(C)C)C1. The van der Waals surface area contributed by atoms with Gasteiger partial charge >= 0.3 is 0 Å². The van der Waals surface area contributed by atoms with Crippen LogP contribution < -0.4 is 0 Å². The molecule has 6 aliphatic rings. The molecule has 0 aromatic rings. The highest BCUT2D eigenvalue weighted by Crippen LogP contribution is 2.67. The highest BCUT2D eigenvalue weighted by molar-refractivity contribution is 5.25. The number of ether oxygens (including phenoxy) is 4. The van der Waals surface area contributed by atoms with Gasteiger partial charge < -0.3 is 18.9 Å². The lowest BCUT2D eigenvalue weighted by atomic mass is 9.47. The molecular weight excluding hydrogens is 811 g/mol. The van der Waals surface area contributed by atoms with Gasteiger partial charge in [0.05, 0.1) is 45.2 Å². The quantitative estimate of drug-likeness (QED) is 0.0497. The molecule has 0 N–H and O–H groups in total. The Morgan fingerprint density at radius 2 is 1.45 bits per heavy atom. The summed E-state index contributed by atoms with van der Waals surface area (Å²) in [4.78, 5) is 2.78. The van der Waals surface area contributed by atoms with Gasteiger partial charge in [0.2, 0.25) is 0 Å². The number of likely N-dealkylation sites (tertiary alicyclic amines) is 1. The summed E-state index contributed by atoms with van der Waals surface area (Å²) in [6.45, 7) is 21.5. The molecule has 1 heterocycles. The van der Waals surface area contributed by atoms with E-state index in [1.165, 1.54) is 173 Å². The fraction of sp³-hybridized carbons (Fsp3) is 0.902. The molecule has 5 nitrogen and oxygen atoms in total. The van der Waals surface area contributed by atoms with Gasteiger partial charge in [-0.3, -0.25) is 4.90 Å². The second kappa shape index (κ2) is 29.4. The topological polar surface area (TPSA) is 40.2 Å². The zero-order valence-electron chi connectivity index (χ0n) is 44.4. The number of hydrogen-bond donors (Lipinski definition) is 0. The highest BCUT2D eigenvalue weighted by atomic mass is 16.6. The van der Waals surface area contributed by atoms with Crippen molar-refractivity contribution in [2.45, 2.75) is 246 Å². The summed E-state index contributed by atoms with van der Waals surface area (Å²) < 4.78 is 25.7. The van der Waals surface area contributed by atoms with Crippen LogP contribution in [0.4, 0.5) is 0 Å². The summed E-state index contributed by atoms with van der Waals surface area (Å²) in [5.74, 6) is 6.25. The Labute approximate surface area is 409 Å². The minimum absolute atomic E-state index is 0.117. The lowest BCUT2D eigenvalue weighted by Crippen LogP contribution is -2.51. The van der Waals surface area contributed by atoms with Crippen molar-refractivity contribution < 1.29 is 18.9 Å². The molecule has 0 radical (unpaired) electrons. The Bertz CT molecular complexity index is 1400. The maximum atomic E-state index is 6.59. The van der Waals surface area contributed by atoms with Crippen molar-refractivity contribution in [3.05, 3.63) is 36.0 Å². The van der Waals surface area contributed by atoms with E-state index in [0.29, 0.717) is 50.0 Å². The van der Waals surface area contributed by atoms with E-state index in [2.05, 4.69) is 76.8 Å². The van der Waals surface area contributed by atoms with E-state index in [0.717, 1.165) is 79.9 Å². The third-order valence-electron chi connectivity index (χ3n) is 19.0. The molecule has 0 amide bonds. The zero-order valence-corrected chi connectivity index (χ0v) is 44.4. The highest BCUT2D eigenvalue weighted by Gasteiger charge is 2.59. The predicted molar refractivity (Wildman–Crippen MR) is 280 cm³/mol. The predicted octanol–water partition coefficient (Wildman–Crippen LogP) is 16.3. The number of rotatable bonds is 32. The number of piperidine rings is 1. The van der Waals surface area contributed by atoms with Crippen LogP contribution in [0.25, 0.3) is 0 Å². The van der Waals surface area contributed by atoms with E-state index >= 15 is 0 Å². The smallest absolute Gasteiger partial charge is 0.0936 e. The number of hydrogen-bond acceptors (Lipinski definition) is 5. The van der Waals surface area contributed by atoms with Crippen LogP contribution in [0.3, 0.4) is 0 Å². The van der Waals surface area contributed by atoms with Crippen molar-refractivity contribution in [2.24, 2.45) is 52.3 Å². The molecule has 6 rings (SSSR count). The minimum atomic E-state index is 0.117. The summed E-state index contributed by atoms with van der Waals surface area (Å²) in [5, 5.41) is 0. The van der Waals surface area contributed by atoms with Crippen molar-refractivity contribution in [3.8, 4) is 0 Å². The largest absolute Gasteiger partial charge is 0.379 e. The Kier molecular flexibility index (Phi) is 24.2. The molecule has 0 aromatic heterocycles. The average molecular weight is 919 g/mol. The first-order valence-electron chi connectivity index (χ1n) is 29.3. The molecule has 0 aromatic carbocycles. The second-order valence-corrected chi connectivity index (χ2v) is 24.0. The van der Waals surface area contributed by atoms with Gasteiger partial charge in [0.1, 0.15) is 0 Å². The summed E-state index contributed by atoms with van der Waals surface area (Å²) in [6, 6.07) is 0.750. The first-order chi connectivity index (χ1) is 32.2. The molecule has 6 unspecified atom stereocenters. The summed E-state index contributed by atoms with van der Waals surface area (Å²) >= 11 is 0. The van der Waals surface area contributed by atoms with Crippen molar-refractivity contribution in [1.82, 2.24) is 4.90 Å². The molecule has 66 heavy (non-hydrogen) atoms. The lowest BCUT2D eigenvalue weighted by Gasteiger charge is -2.58. The number of unbranched alkanes of at least 4 members (excludes halogenated alkanes) is 9. The maximum absolute atomic E-state index is 6.59. The van der Waals surface area contributed by atoms with Gasteiger partial charge in [0.25, 0.3) is 0 Å². The first kappa shape index (κ1) is 54.4. The first-order valence-corrected chi connectivity index (χ1v) is 29.3. The van der Waals surface area contributed by atoms with E-state index in [9.17, 15) is 0 Å². The molecule has 5 fully saturated rings. The third-order valence-corrected chi connectivity index (χ3v) is 19.0. The molecule has 5 aliphatic carbocycles. The van der Waals surface area contributed by atoms with Gasteiger partial charge in [0, 0.05) is 19.2 Å². The minimum Gasteiger partial charge on any atom is -0.379 e. The van der Waals surface area contributed by atoms with Gasteiger partial charge in [-0.2, -0.15) is 0 Å². The number of nitrogens with zero attached hydrogens (tertiary/aromatic N) is 1. The second-order valence-electron chi connectivity index (χ2n) is 24.0. The Hall–Kier alpha value is -0.980. The van der Waals surface area contributed by atoms with E-state index < -0.39 is 0 Å². The van der Waals surface area contributed by atoms with Crippen LogP contribution in [-0.2, 0) is 18.9 Å². The van der Waals surface area contributed by atoms with E-state index in [1.54, 1.807) is 5.57 Å². The molecule has 380 valence electrons. The van der Waals surface area contributed by atoms with Crippen LogP contribution in [0, 0.1) is 52.3 Å². The molecule has 5 heteroatoms. The lowest BCUT2D eigenvalue weighted by molar-refractivity contribution is -0.0777. The standard InChI is InChI=1S/C61H107NO4/c1-7-8-9-10-11-12-13-14-15-16-17-18-19-20-21-24-41-64-48-54(47-62-40-26-30-51-29-22-23-31-59(51)62)66-45-43-63-42-44-65-53-36-38-60(5)52(46-53)32-33-55-57-35-34-56(50(4)28-25-27-49(2)3)61(57,6)39-37-58(55)60/h11-12,14-15,32,49-51,53-59H,7-10,13,16-31,33-48H2,1-6H3/b12-11-,15-14-/t50-,51?,53+,54?,55?,56-,57?,58?,59?,60+,61-/m1/s1. The molecular formula is C61H107NO4. The van der Waals surface area contributed by atoms with Crippen molar-refractivity contribution in [2.75, 3.05) is 52.7 Å². The van der Waals surface area contributed by atoms with E-state index in [4.69, 9.17) is 18.9 Å². The van der Waals surface area contributed by atoms with E-state index in [1.807, 2.05) is 0 Å². The van der Waals surface area contributed by atoms with Crippen LogP contribution in [-0.4, -0.2) is 75.9 Å². The molecule has 4 saturated carbocycles. The summed E-state index contributed by atoms with van der Waals surface area (Å²) in [5.41, 5.74) is 2.68. The maximum Gasteiger partial charge on any atom is 0.0936 e. The van der Waals surface area contributed by atoms with Crippen molar-refractivity contribution in [3.63, 3.8) is 0 Å². The van der Waals surface area contributed by atoms with Crippen LogP contribution in [0.5, 0.6) is 0 Å². The van der Waals surface area contributed by atoms with Crippen LogP contribution in [0.1, 0.15) is 228 Å². The Balaban J connectivity index is 0.844. The van der Waals surface area contributed by atoms with Gasteiger partial charge in [-0.1, -0.05) is 148 Å². The van der Waals surface area contributed by atoms with Crippen LogP contribution in [0.2, 0.25) is 0 Å². The number of fused-ring (bicyclic) bond motifs is 6. The van der Waals surface area contributed by atoms with Gasteiger partial charge in [-0.25, -0.2) is 0 Å². The van der Waals surface area contributed by atoms with Gasteiger partial charge in [-0.05, 0) is 174 Å². The average Bonchev–Trinajstić information content (AvgIpc) is 3.68. The molecule has 11 atom stereocenters.